The van der Waals surface area contributed by atoms with Gasteiger partial charge >= 0.3 is 0 Å². The van der Waals surface area contributed by atoms with E-state index >= 15 is 0 Å². The number of rotatable bonds is 5. The summed E-state index contributed by atoms with van der Waals surface area (Å²) in [4.78, 5) is 0. The van der Waals surface area contributed by atoms with E-state index in [1.165, 1.54) is 0 Å². The molecule has 0 amide bonds. The van der Waals surface area contributed by atoms with Crippen molar-refractivity contribution in [1.29, 1.82) is 0 Å². The number of nitrogens with two attached hydrogens (primary N) is 2. The summed E-state index contributed by atoms with van der Waals surface area (Å²) in [6.07, 6.45) is 3.68. The summed E-state index contributed by atoms with van der Waals surface area (Å²) in [6.45, 7) is 0.413. The smallest absolute Gasteiger partial charge is 0.0565 e. The minimum atomic E-state index is -0.157. The lowest BCUT2D eigenvalue weighted by molar-refractivity contribution is 0.603. The van der Waals surface area contributed by atoms with Gasteiger partial charge in [0.05, 0.1) is 6.20 Å². The summed E-state index contributed by atoms with van der Waals surface area (Å²) in [5.74, 6) is 0.0377. The third-order valence-corrected chi connectivity index (χ3v) is 4.28. The third kappa shape index (κ3) is 3.45. The maximum Gasteiger partial charge on any atom is 0.0565 e. The van der Waals surface area contributed by atoms with Gasteiger partial charge in [-0.15, -0.1) is 0 Å². The fourth-order valence-electron chi connectivity index (χ4n) is 2.78. The van der Waals surface area contributed by atoms with E-state index in [-0.39, 0.29) is 12.0 Å². The van der Waals surface area contributed by atoms with Crippen molar-refractivity contribution in [3.8, 4) is 11.1 Å². The van der Waals surface area contributed by atoms with E-state index in [1.807, 2.05) is 30.5 Å². The van der Waals surface area contributed by atoms with Crippen LogP contribution in [0, 0.1) is 0 Å². The van der Waals surface area contributed by atoms with Crippen LogP contribution in [0.25, 0.3) is 11.1 Å². The molecule has 0 saturated heterocycles. The molecule has 0 aliphatic rings. The summed E-state index contributed by atoms with van der Waals surface area (Å²) >= 11 is 5.99. The molecule has 0 bridgehead atoms. The number of hydrogen-bond acceptors (Lipinski definition) is 3. The highest BCUT2D eigenvalue weighted by molar-refractivity contribution is 6.30. The van der Waals surface area contributed by atoms with E-state index in [0.717, 1.165) is 22.3 Å². The Hall–Kier alpha value is -2.14. The lowest BCUT2D eigenvalue weighted by atomic mass is 9.85. The Kier molecular flexibility index (Phi) is 4.76. The van der Waals surface area contributed by atoms with Crippen molar-refractivity contribution in [2.75, 3.05) is 6.54 Å². The molecule has 0 aliphatic carbocycles. The first-order valence-electron chi connectivity index (χ1n) is 7.49. The topological polar surface area (TPSA) is 80.7 Å². The number of H-pyrrole nitrogens is 1. The van der Waals surface area contributed by atoms with Crippen LogP contribution in [0.5, 0.6) is 0 Å². The second-order valence-corrected chi connectivity index (χ2v) is 5.97. The average Bonchev–Trinajstić information content (AvgIpc) is 3.12. The van der Waals surface area contributed by atoms with Gasteiger partial charge in [-0.05, 0) is 28.8 Å². The van der Waals surface area contributed by atoms with E-state index < -0.39 is 0 Å². The number of nitrogens with one attached hydrogen (secondary N) is 1. The van der Waals surface area contributed by atoms with Crippen molar-refractivity contribution in [1.82, 2.24) is 10.2 Å². The minimum Gasteiger partial charge on any atom is -0.329 e. The number of aromatic nitrogens is 2. The standard InChI is InChI=1S/C18H19ClN4/c19-16-7-5-14(6-8-16)18(17(21)9-20)13-3-1-12(2-4-13)15-10-22-23-11-15/h1-8,10-11,17-18H,9,20-21H2,(H,22,23). The zero-order chi connectivity index (χ0) is 16.2. The molecule has 5 heteroatoms. The van der Waals surface area contributed by atoms with Crippen molar-refractivity contribution >= 4 is 11.6 Å². The normalized spacial score (nSPS) is 13.7. The van der Waals surface area contributed by atoms with Crippen LogP contribution >= 0.6 is 11.6 Å². The fourth-order valence-corrected chi connectivity index (χ4v) is 2.91. The zero-order valence-corrected chi connectivity index (χ0v) is 13.4. The van der Waals surface area contributed by atoms with Crippen LogP contribution in [-0.4, -0.2) is 22.8 Å². The Morgan fingerprint density at radius 1 is 0.957 bits per heavy atom. The molecular formula is C18H19ClN4. The molecule has 5 N–H and O–H groups in total. The van der Waals surface area contributed by atoms with Crippen molar-refractivity contribution in [2.24, 2.45) is 11.5 Å². The Labute approximate surface area is 140 Å². The molecule has 1 heterocycles. The first kappa shape index (κ1) is 15.7. The maximum atomic E-state index is 6.28. The molecule has 2 unspecified atom stereocenters. The number of aromatic amines is 1. The lowest BCUT2D eigenvalue weighted by Crippen LogP contribution is -2.36. The van der Waals surface area contributed by atoms with Crippen molar-refractivity contribution in [3.63, 3.8) is 0 Å². The molecule has 0 saturated carbocycles. The van der Waals surface area contributed by atoms with Gasteiger partial charge in [-0.25, -0.2) is 0 Å². The number of benzene rings is 2. The first-order chi connectivity index (χ1) is 11.2. The van der Waals surface area contributed by atoms with Crippen molar-refractivity contribution < 1.29 is 0 Å². The van der Waals surface area contributed by atoms with Gasteiger partial charge in [-0.3, -0.25) is 5.10 Å². The largest absolute Gasteiger partial charge is 0.329 e. The lowest BCUT2D eigenvalue weighted by Gasteiger charge is -2.24. The van der Waals surface area contributed by atoms with E-state index in [2.05, 4.69) is 34.5 Å². The summed E-state index contributed by atoms with van der Waals surface area (Å²) in [5, 5.41) is 7.52. The minimum absolute atomic E-state index is 0.0377. The summed E-state index contributed by atoms with van der Waals surface area (Å²) < 4.78 is 0. The van der Waals surface area contributed by atoms with Gasteiger partial charge in [0, 0.05) is 35.3 Å². The van der Waals surface area contributed by atoms with Crippen LogP contribution in [0.4, 0.5) is 0 Å². The summed E-state index contributed by atoms with van der Waals surface area (Å²) in [6, 6.07) is 16.0. The monoisotopic (exact) mass is 326 g/mol. The fraction of sp³-hybridized carbons (Fsp3) is 0.167. The molecule has 4 nitrogen and oxygen atoms in total. The summed E-state index contributed by atoms with van der Waals surface area (Å²) in [7, 11) is 0. The number of hydrogen-bond donors (Lipinski definition) is 3. The molecule has 0 aliphatic heterocycles. The predicted octanol–water partition coefficient (Wildman–Crippen LogP) is 3.15. The van der Waals surface area contributed by atoms with Crippen LogP contribution in [-0.2, 0) is 0 Å². The molecule has 2 atom stereocenters. The van der Waals surface area contributed by atoms with Crippen molar-refractivity contribution in [2.45, 2.75) is 12.0 Å². The molecule has 23 heavy (non-hydrogen) atoms. The SMILES string of the molecule is NCC(N)C(c1ccc(Cl)cc1)c1ccc(-c2cn[nH]c2)cc1. The molecule has 3 aromatic rings. The van der Waals surface area contributed by atoms with Gasteiger partial charge in [0.2, 0.25) is 0 Å². The Morgan fingerprint density at radius 2 is 1.57 bits per heavy atom. The van der Waals surface area contributed by atoms with Crippen LogP contribution < -0.4 is 11.5 Å². The van der Waals surface area contributed by atoms with Crippen LogP contribution in [0.3, 0.4) is 0 Å². The van der Waals surface area contributed by atoms with E-state index in [9.17, 15) is 0 Å². The number of nitrogens with zero attached hydrogens (tertiary/aromatic N) is 1. The highest BCUT2D eigenvalue weighted by atomic mass is 35.5. The van der Waals surface area contributed by atoms with E-state index in [4.69, 9.17) is 23.1 Å². The Bertz CT molecular complexity index is 736. The van der Waals surface area contributed by atoms with Gasteiger partial charge in [-0.1, -0.05) is 48.0 Å². The van der Waals surface area contributed by atoms with Gasteiger partial charge < -0.3 is 11.5 Å². The first-order valence-corrected chi connectivity index (χ1v) is 7.87. The molecule has 118 valence electrons. The third-order valence-electron chi connectivity index (χ3n) is 4.03. The highest BCUT2D eigenvalue weighted by Crippen LogP contribution is 2.30. The highest BCUT2D eigenvalue weighted by Gasteiger charge is 2.21. The van der Waals surface area contributed by atoms with E-state index in [0.29, 0.717) is 11.6 Å². The second-order valence-electron chi connectivity index (χ2n) is 5.54. The molecule has 1 aromatic heterocycles. The van der Waals surface area contributed by atoms with E-state index in [1.54, 1.807) is 6.20 Å². The van der Waals surface area contributed by atoms with Crippen LogP contribution in [0.15, 0.2) is 60.9 Å². The predicted molar refractivity (Wildman–Crippen MR) is 94.3 cm³/mol. The average molecular weight is 327 g/mol. The summed E-state index contributed by atoms with van der Waals surface area (Å²) in [5.41, 5.74) is 16.5. The van der Waals surface area contributed by atoms with Crippen molar-refractivity contribution in [3.05, 3.63) is 77.1 Å². The quantitative estimate of drug-likeness (QED) is 0.673. The Morgan fingerprint density at radius 3 is 2.09 bits per heavy atom. The van der Waals surface area contributed by atoms with Gasteiger partial charge in [0.25, 0.3) is 0 Å². The molecule has 0 fully saturated rings. The molecule has 0 spiro atoms. The number of halogens is 1. The van der Waals surface area contributed by atoms with Crippen LogP contribution in [0.2, 0.25) is 5.02 Å². The van der Waals surface area contributed by atoms with Gasteiger partial charge in [-0.2, -0.15) is 5.10 Å². The molecular weight excluding hydrogens is 308 g/mol. The zero-order valence-electron chi connectivity index (χ0n) is 12.6. The Balaban J connectivity index is 1.95. The molecule has 0 radical (unpaired) electrons. The maximum absolute atomic E-state index is 6.28. The van der Waals surface area contributed by atoms with Gasteiger partial charge in [0.15, 0.2) is 0 Å². The molecule has 2 aromatic carbocycles. The molecule has 3 rings (SSSR count). The second kappa shape index (κ2) is 6.96. The van der Waals surface area contributed by atoms with Crippen LogP contribution in [0.1, 0.15) is 17.0 Å². The van der Waals surface area contributed by atoms with Gasteiger partial charge in [0.1, 0.15) is 0 Å².